The lowest BCUT2D eigenvalue weighted by Crippen LogP contribution is -2.57. The zero-order valence-corrected chi connectivity index (χ0v) is 11.6. The fourth-order valence-electron chi connectivity index (χ4n) is 3.90. The predicted octanol–water partition coefficient (Wildman–Crippen LogP) is -0.0567. The SMILES string of the molecule is O=C1NCCC12CCCN(C1CCC([N+](=O)[O-])NC1)C2. The van der Waals surface area contributed by atoms with Gasteiger partial charge in [-0.2, -0.15) is 0 Å². The highest BCUT2D eigenvalue weighted by Gasteiger charge is 2.46. The molecule has 3 aliphatic heterocycles. The summed E-state index contributed by atoms with van der Waals surface area (Å²) in [5, 5.41) is 16.7. The summed E-state index contributed by atoms with van der Waals surface area (Å²) in [6.07, 6.45) is 3.78. The fraction of sp³-hybridized carbons (Fsp3) is 0.923. The molecule has 0 bridgehead atoms. The highest BCUT2D eigenvalue weighted by Crippen LogP contribution is 2.37. The summed E-state index contributed by atoms with van der Waals surface area (Å²) < 4.78 is 0. The van der Waals surface area contributed by atoms with Crippen molar-refractivity contribution >= 4 is 5.91 Å². The molecule has 1 amide bonds. The molecule has 0 aromatic heterocycles. The number of amides is 1. The van der Waals surface area contributed by atoms with E-state index in [1.165, 1.54) is 0 Å². The Hall–Kier alpha value is -1.21. The lowest BCUT2D eigenvalue weighted by molar-refractivity contribution is -0.532. The van der Waals surface area contributed by atoms with Gasteiger partial charge in [0.2, 0.25) is 5.91 Å². The molecule has 20 heavy (non-hydrogen) atoms. The standard InChI is InChI=1S/C13H22N4O3/c18-12-13(5-6-14-12)4-1-7-16(9-13)10-2-3-11(15-8-10)17(19)20/h10-11,15H,1-9H2,(H,14,18). The Balaban J connectivity index is 1.61. The van der Waals surface area contributed by atoms with Crippen molar-refractivity contribution in [3.05, 3.63) is 10.1 Å². The largest absolute Gasteiger partial charge is 0.356 e. The van der Waals surface area contributed by atoms with Crippen molar-refractivity contribution in [2.24, 2.45) is 5.41 Å². The van der Waals surface area contributed by atoms with E-state index in [2.05, 4.69) is 15.5 Å². The Bertz CT molecular complexity index is 408. The molecule has 7 heteroatoms. The van der Waals surface area contributed by atoms with Crippen LogP contribution in [0, 0.1) is 15.5 Å². The van der Waals surface area contributed by atoms with Crippen LogP contribution in [-0.2, 0) is 4.79 Å². The summed E-state index contributed by atoms with van der Waals surface area (Å²) >= 11 is 0. The van der Waals surface area contributed by atoms with Crippen LogP contribution in [0.15, 0.2) is 0 Å². The second-order valence-corrected chi connectivity index (χ2v) is 6.30. The molecule has 0 radical (unpaired) electrons. The molecule has 112 valence electrons. The van der Waals surface area contributed by atoms with Crippen LogP contribution in [0.2, 0.25) is 0 Å². The zero-order valence-electron chi connectivity index (χ0n) is 11.6. The summed E-state index contributed by atoms with van der Waals surface area (Å²) in [6.45, 7) is 3.27. The van der Waals surface area contributed by atoms with Crippen LogP contribution in [0.1, 0.15) is 32.1 Å². The average molecular weight is 282 g/mol. The van der Waals surface area contributed by atoms with Crippen LogP contribution >= 0.6 is 0 Å². The first-order chi connectivity index (χ1) is 9.61. The molecule has 0 saturated carbocycles. The van der Waals surface area contributed by atoms with E-state index in [9.17, 15) is 14.9 Å². The van der Waals surface area contributed by atoms with Gasteiger partial charge in [-0.3, -0.25) is 25.1 Å². The summed E-state index contributed by atoms with van der Waals surface area (Å²) in [7, 11) is 0. The van der Waals surface area contributed by atoms with Gasteiger partial charge in [-0.1, -0.05) is 0 Å². The number of carbonyl (C=O) groups is 1. The molecule has 3 rings (SSSR count). The van der Waals surface area contributed by atoms with Crippen molar-refractivity contribution in [3.8, 4) is 0 Å². The average Bonchev–Trinajstić information content (AvgIpc) is 2.80. The third-order valence-electron chi connectivity index (χ3n) is 5.11. The van der Waals surface area contributed by atoms with E-state index in [1.807, 2.05) is 0 Å². The van der Waals surface area contributed by atoms with Crippen molar-refractivity contribution in [2.75, 3.05) is 26.2 Å². The van der Waals surface area contributed by atoms with Gasteiger partial charge in [-0.25, -0.2) is 0 Å². The molecule has 7 nitrogen and oxygen atoms in total. The first-order valence-electron chi connectivity index (χ1n) is 7.50. The number of piperidine rings is 2. The van der Waals surface area contributed by atoms with Crippen LogP contribution < -0.4 is 10.6 Å². The van der Waals surface area contributed by atoms with Gasteiger partial charge in [0.15, 0.2) is 0 Å². The monoisotopic (exact) mass is 282 g/mol. The molecule has 2 N–H and O–H groups in total. The maximum atomic E-state index is 12.1. The van der Waals surface area contributed by atoms with Crippen LogP contribution in [0.4, 0.5) is 0 Å². The number of nitrogens with one attached hydrogen (secondary N) is 2. The van der Waals surface area contributed by atoms with Gasteiger partial charge >= 0.3 is 0 Å². The van der Waals surface area contributed by atoms with Crippen molar-refractivity contribution in [1.82, 2.24) is 15.5 Å². The molecule has 0 aromatic rings. The minimum Gasteiger partial charge on any atom is -0.356 e. The van der Waals surface area contributed by atoms with Gasteiger partial charge in [-0.05, 0) is 32.2 Å². The Morgan fingerprint density at radius 2 is 2.20 bits per heavy atom. The molecule has 3 atom stereocenters. The molecule has 0 aromatic carbocycles. The van der Waals surface area contributed by atoms with Gasteiger partial charge in [0, 0.05) is 37.0 Å². The van der Waals surface area contributed by atoms with Gasteiger partial charge < -0.3 is 5.32 Å². The van der Waals surface area contributed by atoms with Crippen LogP contribution in [-0.4, -0.2) is 54.1 Å². The second-order valence-electron chi connectivity index (χ2n) is 6.30. The first-order valence-corrected chi connectivity index (χ1v) is 7.50. The number of likely N-dealkylation sites (tertiary alicyclic amines) is 1. The Labute approximate surface area is 118 Å². The molecule has 3 unspecified atom stereocenters. The Morgan fingerprint density at radius 1 is 1.35 bits per heavy atom. The van der Waals surface area contributed by atoms with Crippen molar-refractivity contribution < 1.29 is 9.72 Å². The molecule has 1 spiro atoms. The number of carbonyl (C=O) groups excluding carboxylic acids is 1. The lowest BCUT2D eigenvalue weighted by Gasteiger charge is -2.43. The van der Waals surface area contributed by atoms with E-state index in [4.69, 9.17) is 0 Å². The highest BCUT2D eigenvalue weighted by atomic mass is 16.6. The van der Waals surface area contributed by atoms with Crippen LogP contribution in [0.25, 0.3) is 0 Å². The minimum absolute atomic E-state index is 0.196. The number of rotatable bonds is 2. The third-order valence-corrected chi connectivity index (χ3v) is 5.11. The van der Waals surface area contributed by atoms with Crippen molar-refractivity contribution in [1.29, 1.82) is 0 Å². The van der Waals surface area contributed by atoms with E-state index in [1.54, 1.807) is 0 Å². The van der Waals surface area contributed by atoms with E-state index >= 15 is 0 Å². The molecule has 3 heterocycles. The molecular weight excluding hydrogens is 260 g/mol. The normalized spacial score (nSPS) is 38.9. The molecule has 3 aliphatic rings. The quantitative estimate of drug-likeness (QED) is 0.547. The second kappa shape index (κ2) is 5.29. The summed E-state index contributed by atoms with van der Waals surface area (Å²) in [5.74, 6) is 0.203. The third kappa shape index (κ3) is 2.40. The van der Waals surface area contributed by atoms with Crippen molar-refractivity contribution in [3.63, 3.8) is 0 Å². The topological polar surface area (TPSA) is 87.5 Å². The molecule has 3 saturated heterocycles. The van der Waals surface area contributed by atoms with Crippen LogP contribution in [0.5, 0.6) is 0 Å². The van der Waals surface area contributed by atoms with Crippen molar-refractivity contribution in [2.45, 2.75) is 44.3 Å². The van der Waals surface area contributed by atoms with Gasteiger partial charge in [0.25, 0.3) is 6.17 Å². The molecule has 3 fully saturated rings. The van der Waals surface area contributed by atoms with E-state index in [0.717, 1.165) is 45.3 Å². The van der Waals surface area contributed by atoms with E-state index < -0.39 is 6.17 Å². The smallest absolute Gasteiger partial charge is 0.266 e. The summed E-state index contributed by atoms with van der Waals surface area (Å²) in [6, 6.07) is 0.330. The first kappa shape index (κ1) is 13.8. The van der Waals surface area contributed by atoms with E-state index in [0.29, 0.717) is 19.0 Å². The van der Waals surface area contributed by atoms with E-state index in [-0.39, 0.29) is 16.2 Å². The van der Waals surface area contributed by atoms with Gasteiger partial charge in [-0.15, -0.1) is 0 Å². The maximum Gasteiger partial charge on any atom is 0.266 e. The maximum absolute atomic E-state index is 12.1. The zero-order chi connectivity index (χ0) is 14.2. The van der Waals surface area contributed by atoms with Gasteiger partial charge in [0.05, 0.1) is 5.41 Å². The number of nitrogens with zero attached hydrogens (tertiary/aromatic N) is 2. The minimum atomic E-state index is -0.597. The van der Waals surface area contributed by atoms with Gasteiger partial charge in [0.1, 0.15) is 0 Å². The number of hydrogen-bond donors (Lipinski definition) is 2. The van der Waals surface area contributed by atoms with Crippen LogP contribution in [0.3, 0.4) is 0 Å². The summed E-state index contributed by atoms with van der Waals surface area (Å²) in [4.78, 5) is 25.0. The Morgan fingerprint density at radius 3 is 2.80 bits per heavy atom. The fourth-order valence-corrected chi connectivity index (χ4v) is 3.90. The Kier molecular flexibility index (Phi) is 3.64. The summed E-state index contributed by atoms with van der Waals surface area (Å²) in [5.41, 5.74) is -0.196. The molecule has 0 aliphatic carbocycles. The predicted molar refractivity (Wildman–Crippen MR) is 72.7 cm³/mol. The lowest BCUT2D eigenvalue weighted by atomic mass is 9.78. The number of nitro groups is 1. The highest BCUT2D eigenvalue weighted by molar-refractivity contribution is 5.85. The number of hydrogen-bond acceptors (Lipinski definition) is 5. The molecular formula is C13H22N4O3.